The predicted octanol–water partition coefficient (Wildman–Crippen LogP) is 5.47. The normalized spacial score (nSPS) is 20.0. The number of hydrogen-bond donors (Lipinski definition) is 2. The summed E-state index contributed by atoms with van der Waals surface area (Å²) in [6.45, 7) is 0.859. The van der Waals surface area contributed by atoms with E-state index in [-0.39, 0.29) is 6.03 Å². The SMILES string of the molecule is CN1CC2(C1)N(c1ccc(Cl)cc1)C(=O)N(c1ccc(Cl)cc1)C2(O)c1cccc(C#N)c1.O=C(O)C(F)(F)F. The van der Waals surface area contributed by atoms with Crippen molar-refractivity contribution in [2.24, 2.45) is 0 Å². The number of hydrogen-bond acceptors (Lipinski definition) is 5. The van der Waals surface area contributed by atoms with Gasteiger partial charge in [-0.25, -0.2) is 9.59 Å². The highest BCUT2D eigenvalue weighted by molar-refractivity contribution is 6.31. The average molecular weight is 593 g/mol. The summed E-state index contributed by atoms with van der Waals surface area (Å²) in [5, 5.41) is 30.3. The van der Waals surface area contributed by atoms with E-state index in [2.05, 4.69) is 6.07 Å². The minimum atomic E-state index is -5.08. The van der Waals surface area contributed by atoms with Crippen molar-refractivity contribution < 1.29 is 33.0 Å². The molecule has 1 unspecified atom stereocenters. The fourth-order valence-electron chi connectivity index (χ4n) is 5.03. The fraction of sp³-hybridized carbons (Fsp3) is 0.222. The first-order chi connectivity index (χ1) is 18.7. The molecule has 0 saturated carbocycles. The zero-order valence-corrected chi connectivity index (χ0v) is 22.2. The number of nitrogens with zero attached hydrogens (tertiary/aromatic N) is 4. The van der Waals surface area contributed by atoms with E-state index < -0.39 is 23.4 Å². The number of aliphatic hydroxyl groups is 1. The Labute approximate surface area is 237 Å². The number of amides is 2. The van der Waals surface area contributed by atoms with Crippen LogP contribution in [0, 0.1) is 11.3 Å². The highest BCUT2D eigenvalue weighted by Gasteiger charge is 2.72. The number of likely N-dealkylation sites (tertiary alicyclic amines) is 1. The summed E-state index contributed by atoms with van der Waals surface area (Å²) in [6.07, 6.45) is -5.08. The number of urea groups is 1. The van der Waals surface area contributed by atoms with E-state index in [0.29, 0.717) is 45.6 Å². The van der Waals surface area contributed by atoms with Crippen LogP contribution in [0.25, 0.3) is 0 Å². The third-order valence-electron chi connectivity index (χ3n) is 6.65. The maximum atomic E-state index is 14.1. The molecule has 5 rings (SSSR count). The summed E-state index contributed by atoms with van der Waals surface area (Å²) in [5.74, 6) is -2.76. The number of alkyl halides is 3. The quantitative estimate of drug-likeness (QED) is 0.417. The Morgan fingerprint density at radius 2 is 1.43 bits per heavy atom. The number of carbonyl (C=O) groups excluding carboxylic acids is 1. The first-order valence-corrected chi connectivity index (χ1v) is 12.4. The van der Waals surface area contributed by atoms with Gasteiger partial charge < -0.3 is 15.1 Å². The molecule has 2 saturated heterocycles. The molecule has 3 aromatic carbocycles. The number of carboxylic acids is 1. The molecule has 0 bridgehead atoms. The molecule has 0 aromatic heterocycles. The van der Waals surface area contributed by atoms with E-state index in [1.54, 1.807) is 77.7 Å². The van der Waals surface area contributed by atoms with Crippen molar-refractivity contribution in [3.8, 4) is 6.07 Å². The highest BCUT2D eigenvalue weighted by Crippen LogP contribution is 2.54. The largest absolute Gasteiger partial charge is 0.490 e. The van der Waals surface area contributed by atoms with E-state index in [0.717, 1.165) is 0 Å². The molecular weight excluding hydrogens is 572 g/mol. The maximum absolute atomic E-state index is 14.1. The zero-order chi connectivity index (χ0) is 29.5. The second-order valence-electron chi connectivity index (χ2n) is 9.28. The van der Waals surface area contributed by atoms with Gasteiger partial charge >= 0.3 is 18.2 Å². The van der Waals surface area contributed by atoms with Gasteiger partial charge in [-0.05, 0) is 67.7 Å². The van der Waals surface area contributed by atoms with Crippen molar-refractivity contribution in [3.05, 3.63) is 94.0 Å². The van der Waals surface area contributed by atoms with Gasteiger partial charge in [0.25, 0.3) is 0 Å². The number of likely N-dealkylation sites (N-methyl/N-ethyl adjacent to an activating group) is 1. The van der Waals surface area contributed by atoms with Crippen molar-refractivity contribution in [2.45, 2.75) is 17.4 Å². The first kappa shape index (κ1) is 29.2. The topological polar surface area (TPSA) is 108 Å². The number of nitriles is 1. The van der Waals surface area contributed by atoms with Crippen molar-refractivity contribution in [3.63, 3.8) is 0 Å². The van der Waals surface area contributed by atoms with E-state index >= 15 is 0 Å². The van der Waals surface area contributed by atoms with Gasteiger partial charge in [-0.1, -0.05) is 35.3 Å². The molecule has 3 aromatic rings. The Morgan fingerprint density at radius 3 is 1.85 bits per heavy atom. The fourth-order valence-corrected chi connectivity index (χ4v) is 5.28. The lowest BCUT2D eigenvalue weighted by atomic mass is 9.74. The number of aliphatic carboxylic acids is 1. The molecule has 0 radical (unpaired) electrons. The lowest BCUT2D eigenvalue weighted by molar-refractivity contribution is -0.192. The number of halogens is 5. The van der Waals surface area contributed by atoms with Crippen LogP contribution in [-0.4, -0.2) is 59.0 Å². The van der Waals surface area contributed by atoms with Gasteiger partial charge in [0.1, 0.15) is 5.54 Å². The number of anilines is 2. The molecule has 40 heavy (non-hydrogen) atoms. The molecule has 2 amide bonds. The Kier molecular flexibility index (Phi) is 7.75. The third-order valence-corrected chi connectivity index (χ3v) is 7.16. The van der Waals surface area contributed by atoms with Gasteiger partial charge in [0.2, 0.25) is 0 Å². The Bertz CT molecular complexity index is 1470. The van der Waals surface area contributed by atoms with Gasteiger partial charge in [-0.3, -0.25) is 9.80 Å². The molecule has 2 fully saturated rings. The first-order valence-electron chi connectivity index (χ1n) is 11.6. The van der Waals surface area contributed by atoms with Crippen LogP contribution in [0.3, 0.4) is 0 Å². The number of carbonyl (C=O) groups is 2. The Balaban J connectivity index is 0.000000470. The molecule has 2 heterocycles. The van der Waals surface area contributed by atoms with Crippen molar-refractivity contribution in [1.29, 1.82) is 5.26 Å². The summed E-state index contributed by atoms with van der Waals surface area (Å²) in [4.78, 5) is 28.1. The predicted molar refractivity (Wildman–Crippen MR) is 142 cm³/mol. The van der Waals surface area contributed by atoms with Crippen LogP contribution in [0.1, 0.15) is 11.1 Å². The lowest BCUT2D eigenvalue weighted by Gasteiger charge is -2.56. The van der Waals surface area contributed by atoms with Crippen LogP contribution in [0.2, 0.25) is 10.0 Å². The van der Waals surface area contributed by atoms with Crippen molar-refractivity contribution in [2.75, 3.05) is 29.9 Å². The average Bonchev–Trinajstić information content (AvgIpc) is 3.09. The zero-order valence-electron chi connectivity index (χ0n) is 20.7. The van der Waals surface area contributed by atoms with Gasteiger partial charge in [0, 0.05) is 40.1 Å². The maximum Gasteiger partial charge on any atom is 0.490 e. The van der Waals surface area contributed by atoms with Crippen LogP contribution < -0.4 is 9.80 Å². The molecule has 2 N–H and O–H groups in total. The van der Waals surface area contributed by atoms with Gasteiger partial charge in [0.05, 0.1) is 11.6 Å². The highest BCUT2D eigenvalue weighted by atomic mass is 35.5. The van der Waals surface area contributed by atoms with Crippen LogP contribution in [-0.2, 0) is 10.5 Å². The number of benzene rings is 3. The number of carboxylic acid groups (broad SMARTS) is 1. The Hall–Kier alpha value is -3.82. The van der Waals surface area contributed by atoms with E-state index in [4.69, 9.17) is 33.1 Å². The van der Waals surface area contributed by atoms with Crippen LogP contribution in [0.4, 0.5) is 29.3 Å². The molecule has 1 spiro atoms. The lowest BCUT2D eigenvalue weighted by Crippen LogP contribution is -2.76. The Morgan fingerprint density at radius 1 is 0.950 bits per heavy atom. The van der Waals surface area contributed by atoms with E-state index in [1.165, 1.54) is 4.90 Å². The molecule has 208 valence electrons. The van der Waals surface area contributed by atoms with E-state index in [9.17, 15) is 28.3 Å². The van der Waals surface area contributed by atoms with Gasteiger partial charge in [-0.2, -0.15) is 18.4 Å². The van der Waals surface area contributed by atoms with Gasteiger partial charge in [0.15, 0.2) is 5.72 Å². The minimum absolute atomic E-state index is 0.377. The molecule has 2 aliphatic rings. The van der Waals surface area contributed by atoms with Crippen molar-refractivity contribution >= 4 is 46.6 Å². The molecule has 1 atom stereocenters. The standard InChI is InChI=1S/C25H20Cl2N4O2.C2HF3O2/c1-29-15-24(16-29)25(33,18-4-2-3-17(13-18)14-28)31(22-11-7-20(27)8-12-22)23(32)30(24)21-9-5-19(26)6-10-21;3-2(4,5)1(6)7/h2-13,33H,15-16H2,1H3;(H,6,7). The summed E-state index contributed by atoms with van der Waals surface area (Å²) in [5.41, 5.74) is -0.757. The van der Waals surface area contributed by atoms with Crippen molar-refractivity contribution in [1.82, 2.24) is 4.90 Å². The second-order valence-corrected chi connectivity index (χ2v) is 10.2. The smallest absolute Gasteiger partial charge is 0.475 e. The summed E-state index contributed by atoms with van der Waals surface area (Å²) in [6, 6.07) is 22.3. The number of rotatable bonds is 3. The monoisotopic (exact) mass is 592 g/mol. The summed E-state index contributed by atoms with van der Waals surface area (Å²) < 4.78 is 31.7. The van der Waals surface area contributed by atoms with E-state index in [1.807, 2.05) is 11.9 Å². The van der Waals surface area contributed by atoms with Crippen LogP contribution in [0.5, 0.6) is 0 Å². The molecular formula is C27H21Cl2F3N4O4. The van der Waals surface area contributed by atoms with Crippen LogP contribution in [0.15, 0.2) is 72.8 Å². The van der Waals surface area contributed by atoms with Gasteiger partial charge in [-0.15, -0.1) is 0 Å². The molecule has 2 aliphatic heterocycles. The minimum Gasteiger partial charge on any atom is -0.475 e. The third kappa shape index (κ3) is 4.95. The summed E-state index contributed by atoms with van der Waals surface area (Å²) in [7, 11) is 1.94. The molecule has 0 aliphatic carbocycles. The second kappa shape index (κ2) is 10.6. The van der Waals surface area contributed by atoms with Crippen LogP contribution >= 0.6 is 23.2 Å². The molecule has 8 nitrogen and oxygen atoms in total. The summed E-state index contributed by atoms with van der Waals surface area (Å²) >= 11 is 12.2. The molecule has 13 heteroatoms.